The van der Waals surface area contributed by atoms with E-state index in [-0.39, 0.29) is 11.0 Å². The van der Waals surface area contributed by atoms with Crippen LogP contribution in [0.25, 0.3) is 11.0 Å². The summed E-state index contributed by atoms with van der Waals surface area (Å²) < 4.78 is 1.92. The second-order valence-electron chi connectivity index (χ2n) is 4.99. The van der Waals surface area contributed by atoms with E-state index in [9.17, 15) is 0 Å². The summed E-state index contributed by atoms with van der Waals surface area (Å²) in [5.74, 6) is 0.835. The molecule has 3 N–H and O–H groups in total. The van der Waals surface area contributed by atoms with Crippen LogP contribution in [0.1, 0.15) is 26.6 Å². The number of imidazole rings is 1. The van der Waals surface area contributed by atoms with Gasteiger partial charge in [-0.3, -0.25) is 5.41 Å². The predicted octanol–water partition coefficient (Wildman–Crippen LogP) is 0.951. The summed E-state index contributed by atoms with van der Waals surface area (Å²) in [4.78, 5) is 12.4. The maximum Gasteiger partial charge on any atom is 0.174 e. The number of fused-ring (bicyclic) bond motifs is 1. The highest BCUT2D eigenvalue weighted by Crippen LogP contribution is 2.22. The molecule has 0 aliphatic carbocycles. The third-order valence-corrected chi connectivity index (χ3v) is 2.51. The maximum absolute atomic E-state index is 7.86. The van der Waals surface area contributed by atoms with Crippen molar-refractivity contribution in [3.8, 4) is 0 Å². The van der Waals surface area contributed by atoms with E-state index in [1.807, 2.05) is 25.3 Å². The summed E-state index contributed by atoms with van der Waals surface area (Å²) in [6.07, 6.45) is 1.68. The molecule has 0 saturated carbocycles. The van der Waals surface area contributed by atoms with Gasteiger partial charge in [-0.2, -0.15) is 0 Å². The van der Waals surface area contributed by atoms with Crippen molar-refractivity contribution in [3.63, 3.8) is 0 Å². The van der Waals surface area contributed by atoms with Gasteiger partial charge in [-0.05, 0) is 27.7 Å². The Morgan fingerprint density at radius 3 is 2.53 bits per heavy atom. The monoisotopic (exact) mass is 232 g/mol. The van der Waals surface area contributed by atoms with Crippen LogP contribution in [0.4, 0.5) is 5.82 Å². The molecule has 2 heterocycles. The normalized spacial score (nSPS) is 12.0. The molecule has 0 amide bonds. The van der Waals surface area contributed by atoms with Crippen LogP contribution in [0.2, 0.25) is 0 Å². The van der Waals surface area contributed by atoms with Crippen molar-refractivity contribution in [2.45, 2.75) is 33.2 Å². The molecule has 0 spiro atoms. The molecule has 90 valence electrons. The number of nitrogen functional groups attached to an aromatic ring is 1. The quantitative estimate of drug-likeness (QED) is 0.707. The average Bonchev–Trinajstić information content (AvgIpc) is 2.55. The average molecular weight is 232 g/mol. The molecule has 2 aromatic heterocycles. The van der Waals surface area contributed by atoms with E-state index in [0.29, 0.717) is 22.7 Å². The second kappa shape index (κ2) is 3.51. The number of aromatic nitrogens is 4. The molecule has 0 bridgehead atoms. The standard InChI is InChI=1S/C11H16N6/c1-6-15-9(12)7-8(10(13)16-6)17(5-14-7)11(2,3)4/h5H,1-4H3,(H3,12,13,15,16). The first-order valence-corrected chi connectivity index (χ1v) is 5.37. The van der Waals surface area contributed by atoms with Gasteiger partial charge in [-0.15, -0.1) is 0 Å². The maximum atomic E-state index is 7.86. The number of nitrogens with one attached hydrogen (secondary N) is 1. The smallest absolute Gasteiger partial charge is 0.174 e. The van der Waals surface area contributed by atoms with E-state index in [1.54, 1.807) is 13.3 Å². The lowest BCUT2D eigenvalue weighted by Crippen LogP contribution is -2.21. The summed E-state index contributed by atoms with van der Waals surface area (Å²) in [5, 5.41) is 7.86. The number of anilines is 1. The van der Waals surface area contributed by atoms with Crippen molar-refractivity contribution in [2.75, 3.05) is 5.73 Å². The Balaban J connectivity index is 3.00. The fourth-order valence-electron chi connectivity index (χ4n) is 1.74. The van der Waals surface area contributed by atoms with Crippen LogP contribution in [0.15, 0.2) is 6.33 Å². The van der Waals surface area contributed by atoms with E-state index in [0.717, 1.165) is 0 Å². The van der Waals surface area contributed by atoms with Crippen molar-refractivity contribution < 1.29 is 0 Å². The van der Waals surface area contributed by atoms with E-state index in [1.165, 1.54) is 0 Å². The summed E-state index contributed by atoms with van der Waals surface area (Å²) in [6.45, 7) is 7.86. The minimum atomic E-state index is -0.167. The summed E-state index contributed by atoms with van der Waals surface area (Å²) in [5.41, 5.74) is 7.04. The highest BCUT2D eigenvalue weighted by molar-refractivity contribution is 5.83. The summed E-state index contributed by atoms with van der Waals surface area (Å²) in [7, 11) is 0. The highest BCUT2D eigenvalue weighted by Gasteiger charge is 2.18. The molecule has 0 aromatic carbocycles. The van der Waals surface area contributed by atoms with Crippen LogP contribution in [0, 0.1) is 12.3 Å². The zero-order valence-corrected chi connectivity index (χ0v) is 10.4. The largest absolute Gasteiger partial charge is 0.382 e. The number of aryl methyl sites for hydroxylation is 1. The lowest BCUT2D eigenvalue weighted by molar-refractivity contribution is 0.408. The molecule has 6 heteroatoms. The molecule has 0 radical (unpaired) electrons. The van der Waals surface area contributed by atoms with Gasteiger partial charge in [-0.1, -0.05) is 0 Å². The number of nitrogens with zero attached hydrogens (tertiary/aromatic N) is 4. The van der Waals surface area contributed by atoms with Gasteiger partial charge in [0.05, 0.1) is 6.33 Å². The third kappa shape index (κ3) is 1.86. The van der Waals surface area contributed by atoms with Crippen molar-refractivity contribution in [3.05, 3.63) is 17.6 Å². The topological polar surface area (TPSA) is 93.5 Å². The van der Waals surface area contributed by atoms with Gasteiger partial charge in [0, 0.05) is 5.54 Å². The second-order valence-corrected chi connectivity index (χ2v) is 4.99. The molecule has 2 rings (SSSR count). The molecule has 0 aliphatic heterocycles. The van der Waals surface area contributed by atoms with Crippen molar-refractivity contribution >= 4 is 16.9 Å². The Kier molecular flexibility index (Phi) is 2.38. The van der Waals surface area contributed by atoms with Crippen LogP contribution in [-0.4, -0.2) is 19.5 Å². The lowest BCUT2D eigenvalue weighted by Gasteiger charge is -2.21. The fourth-order valence-corrected chi connectivity index (χ4v) is 1.74. The SMILES string of the molecule is Cc1nc(N)c2c(ncn2C(C)(C)C)c(=N)n1. The fraction of sp³-hybridized carbons (Fsp3) is 0.455. The molecule has 0 unspecified atom stereocenters. The lowest BCUT2D eigenvalue weighted by atomic mass is 10.1. The Morgan fingerprint density at radius 2 is 1.94 bits per heavy atom. The number of nitrogens with two attached hydrogens (primary N) is 1. The van der Waals surface area contributed by atoms with Gasteiger partial charge in [0.1, 0.15) is 16.9 Å². The number of hydrogen-bond acceptors (Lipinski definition) is 5. The summed E-state index contributed by atoms with van der Waals surface area (Å²) >= 11 is 0. The molecule has 0 fully saturated rings. The minimum Gasteiger partial charge on any atom is -0.382 e. The Hall–Kier alpha value is -1.98. The molecule has 6 nitrogen and oxygen atoms in total. The van der Waals surface area contributed by atoms with Crippen LogP contribution in [-0.2, 0) is 5.54 Å². The zero-order valence-electron chi connectivity index (χ0n) is 10.4. The van der Waals surface area contributed by atoms with Gasteiger partial charge in [0.2, 0.25) is 0 Å². The Bertz CT molecular complexity index is 635. The molecule has 2 aromatic rings. The van der Waals surface area contributed by atoms with Gasteiger partial charge in [0.15, 0.2) is 11.3 Å². The predicted molar refractivity (Wildman–Crippen MR) is 65.3 cm³/mol. The van der Waals surface area contributed by atoms with Gasteiger partial charge < -0.3 is 10.3 Å². The first-order chi connectivity index (χ1) is 7.80. The van der Waals surface area contributed by atoms with Gasteiger partial charge in [0.25, 0.3) is 0 Å². The first kappa shape index (κ1) is 11.5. The van der Waals surface area contributed by atoms with E-state index in [4.69, 9.17) is 11.1 Å². The zero-order chi connectivity index (χ0) is 12.8. The highest BCUT2D eigenvalue weighted by atomic mass is 15.1. The number of rotatable bonds is 0. The van der Waals surface area contributed by atoms with Crippen LogP contribution in [0.3, 0.4) is 0 Å². The number of hydrogen-bond donors (Lipinski definition) is 2. The summed E-state index contributed by atoms with van der Waals surface area (Å²) in [6, 6.07) is 0. The minimum absolute atomic E-state index is 0.102. The van der Waals surface area contributed by atoms with Crippen LogP contribution in [0.5, 0.6) is 0 Å². The molecule has 0 aliphatic rings. The van der Waals surface area contributed by atoms with Crippen molar-refractivity contribution in [2.24, 2.45) is 0 Å². The van der Waals surface area contributed by atoms with Crippen molar-refractivity contribution in [1.29, 1.82) is 5.41 Å². The molecule has 0 saturated heterocycles. The Labute approximate surface area is 99.1 Å². The van der Waals surface area contributed by atoms with Crippen LogP contribution < -0.4 is 11.2 Å². The third-order valence-electron chi connectivity index (χ3n) is 2.51. The van der Waals surface area contributed by atoms with E-state index in [2.05, 4.69) is 15.0 Å². The van der Waals surface area contributed by atoms with Gasteiger partial charge in [-0.25, -0.2) is 15.0 Å². The van der Waals surface area contributed by atoms with Gasteiger partial charge >= 0.3 is 0 Å². The molecule has 17 heavy (non-hydrogen) atoms. The van der Waals surface area contributed by atoms with Crippen LogP contribution >= 0.6 is 0 Å². The molecule has 0 atom stereocenters. The molecular formula is C11H16N6. The van der Waals surface area contributed by atoms with Crippen molar-refractivity contribution in [1.82, 2.24) is 19.5 Å². The first-order valence-electron chi connectivity index (χ1n) is 5.37. The van der Waals surface area contributed by atoms with E-state index < -0.39 is 0 Å². The molecular weight excluding hydrogens is 216 g/mol. The Morgan fingerprint density at radius 1 is 1.29 bits per heavy atom. The van der Waals surface area contributed by atoms with E-state index >= 15 is 0 Å².